The molecule has 0 saturated carbocycles. The van der Waals surface area contributed by atoms with Gasteiger partial charge in [-0.3, -0.25) is 9.59 Å². The first-order chi connectivity index (χ1) is 10.7. The van der Waals surface area contributed by atoms with E-state index in [-0.39, 0.29) is 0 Å². The molecule has 11 heteroatoms. The van der Waals surface area contributed by atoms with Gasteiger partial charge in [0.2, 0.25) is 0 Å². The topological polar surface area (TPSA) is 205 Å². The summed E-state index contributed by atoms with van der Waals surface area (Å²) < 4.78 is 4.60. The van der Waals surface area contributed by atoms with Crippen LogP contribution < -0.4 is 0 Å². The summed E-state index contributed by atoms with van der Waals surface area (Å²) in [5, 5.41) is 72.6. The Morgan fingerprint density at radius 2 is 1.00 bits per heavy atom. The van der Waals surface area contributed by atoms with E-state index in [9.17, 15) is 30.0 Å². The van der Waals surface area contributed by atoms with Crippen molar-refractivity contribution in [1.29, 1.82) is 0 Å². The molecule has 23 heavy (non-hydrogen) atoms. The fraction of sp³-hybridized carbons (Fsp3) is 0.833. The lowest BCUT2D eigenvalue weighted by molar-refractivity contribution is -0.150. The van der Waals surface area contributed by atoms with Crippen molar-refractivity contribution >= 4 is 11.6 Å². The van der Waals surface area contributed by atoms with Crippen LogP contribution in [-0.4, -0.2) is 115 Å². The Morgan fingerprint density at radius 3 is 1.26 bits per heavy atom. The van der Waals surface area contributed by atoms with E-state index in [0.29, 0.717) is 0 Å². The maximum atomic E-state index is 11.4. The monoisotopic (exact) mass is 342 g/mol. The van der Waals surface area contributed by atoms with Gasteiger partial charge in [0.1, 0.15) is 49.8 Å². The number of hydrogen-bond acceptors (Lipinski definition) is 11. The molecule has 0 fully saturated rings. The normalized spacial score (nSPS) is 19.5. The number of hydrogen-bond donors (Lipinski definition) is 8. The molecule has 0 spiro atoms. The highest BCUT2D eigenvalue weighted by Crippen LogP contribution is 2.04. The number of Topliss-reactive ketones (excluding diaryl/α,β-unsaturated/α-hetero) is 2. The summed E-state index contributed by atoms with van der Waals surface area (Å²) in [6, 6.07) is 0. The molecule has 0 aromatic rings. The van der Waals surface area contributed by atoms with Crippen LogP contribution in [0, 0.1) is 0 Å². The van der Waals surface area contributed by atoms with Gasteiger partial charge in [0, 0.05) is 0 Å². The summed E-state index contributed by atoms with van der Waals surface area (Å²) >= 11 is 0. The maximum absolute atomic E-state index is 11.4. The molecule has 136 valence electrons. The minimum Gasteiger partial charge on any atom is -0.394 e. The van der Waals surface area contributed by atoms with E-state index in [0.717, 1.165) is 0 Å². The first kappa shape index (κ1) is 22.0. The number of aliphatic hydroxyl groups is 8. The van der Waals surface area contributed by atoms with Crippen molar-refractivity contribution in [1.82, 2.24) is 0 Å². The maximum Gasteiger partial charge on any atom is 0.189 e. The van der Waals surface area contributed by atoms with Crippen molar-refractivity contribution in [2.45, 2.75) is 36.6 Å². The smallest absolute Gasteiger partial charge is 0.189 e. The van der Waals surface area contributed by atoms with Crippen molar-refractivity contribution in [2.75, 3.05) is 26.4 Å². The highest BCUT2D eigenvalue weighted by atomic mass is 16.5. The Morgan fingerprint density at radius 1 is 0.696 bits per heavy atom. The number of rotatable bonds is 12. The highest BCUT2D eigenvalue weighted by Gasteiger charge is 2.31. The molecule has 0 unspecified atom stereocenters. The van der Waals surface area contributed by atoms with Crippen molar-refractivity contribution in [3.63, 3.8) is 0 Å². The zero-order chi connectivity index (χ0) is 18.2. The summed E-state index contributed by atoms with van der Waals surface area (Å²) in [7, 11) is 0. The van der Waals surface area contributed by atoms with Crippen molar-refractivity contribution in [3.05, 3.63) is 0 Å². The van der Waals surface area contributed by atoms with Gasteiger partial charge >= 0.3 is 0 Å². The second-order valence-corrected chi connectivity index (χ2v) is 4.80. The van der Waals surface area contributed by atoms with Crippen LogP contribution in [0.4, 0.5) is 0 Å². The van der Waals surface area contributed by atoms with Crippen LogP contribution in [0.25, 0.3) is 0 Å². The lowest BCUT2D eigenvalue weighted by Gasteiger charge is -2.21. The average Bonchev–Trinajstić information content (AvgIpc) is 2.56. The van der Waals surface area contributed by atoms with E-state index >= 15 is 0 Å². The van der Waals surface area contributed by atoms with Gasteiger partial charge in [0.05, 0.1) is 13.2 Å². The molecule has 0 bridgehead atoms. The van der Waals surface area contributed by atoms with Gasteiger partial charge in [-0.05, 0) is 0 Å². The van der Waals surface area contributed by atoms with Gasteiger partial charge in [-0.25, -0.2) is 0 Å². The zero-order valence-corrected chi connectivity index (χ0v) is 12.1. The second-order valence-electron chi connectivity index (χ2n) is 4.80. The van der Waals surface area contributed by atoms with Crippen LogP contribution in [-0.2, 0) is 14.3 Å². The number of ketones is 2. The fourth-order valence-electron chi connectivity index (χ4n) is 1.44. The van der Waals surface area contributed by atoms with Crippen molar-refractivity contribution in [3.8, 4) is 0 Å². The van der Waals surface area contributed by atoms with Crippen LogP contribution in [0.15, 0.2) is 0 Å². The third-order valence-electron chi connectivity index (χ3n) is 2.96. The van der Waals surface area contributed by atoms with Gasteiger partial charge in [0.15, 0.2) is 11.6 Å². The molecule has 8 N–H and O–H groups in total. The SMILES string of the molecule is O=C(COCC(=O)[C@@H](O)[C@H](O)[C@H](O)CO)[C@@H](O)[C@H](O)[C@H](O)CO. The Labute approximate surface area is 131 Å². The van der Waals surface area contributed by atoms with Crippen LogP contribution in [0.2, 0.25) is 0 Å². The molecule has 0 saturated heterocycles. The van der Waals surface area contributed by atoms with Crippen LogP contribution >= 0.6 is 0 Å². The Kier molecular flexibility index (Phi) is 10.2. The summed E-state index contributed by atoms with van der Waals surface area (Å²) in [6.07, 6.45) is -11.5. The van der Waals surface area contributed by atoms with Crippen LogP contribution in [0.5, 0.6) is 0 Å². The minimum absolute atomic E-state index is 0.854. The van der Waals surface area contributed by atoms with Crippen LogP contribution in [0.3, 0.4) is 0 Å². The molecule has 0 aliphatic heterocycles. The second kappa shape index (κ2) is 10.7. The van der Waals surface area contributed by atoms with E-state index in [1.807, 2.05) is 0 Å². The number of ether oxygens (including phenoxy) is 1. The minimum atomic E-state index is -2.06. The van der Waals surface area contributed by atoms with Crippen molar-refractivity contribution < 1.29 is 55.2 Å². The van der Waals surface area contributed by atoms with Gasteiger partial charge in [0.25, 0.3) is 0 Å². The molecule has 0 aliphatic carbocycles. The number of carbonyl (C=O) groups is 2. The highest BCUT2D eigenvalue weighted by molar-refractivity contribution is 5.86. The first-order valence-corrected chi connectivity index (χ1v) is 6.60. The fourth-order valence-corrected chi connectivity index (χ4v) is 1.44. The van der Waals surface area contributed by atoms with E-state index < -0.39 is 74.6 Å². The average molecular weight is 342 g/mol. The lowest BCUT2D eigenvalue weighted by atomic mass is 10.0. The predicted molar refractivity (Wildman–Crippen MR) is 71.0 cm³/mol. The summed E-state index contributed by atoms with van der Waals surface area (Å²) in [4.78, 5) is 22.8. The molecule has 0 heterocycles. The zero-order valence-electron chi connectivity index (χ0n) is 12.1. The van der Waals surface area contributed by atoms with Gasteiger partial charge in [-0.1, -0.05) is 0 Å². The van der Waals surface area contributed by atoms with Crippen molar-refractivity contribution in [2.24, 2.45) is 0 Å². The Bertz CT molecular complexity index is 340. The van der Waals surface area contributed by atoms with Gasteiger partial charge in [-0.2, -0.15) is 0 Å². The quantitative estimate of drug-likeness (QED) is 0.168. The standard InChI is InChI=1S/C12H22O11/c13-1-5(15)9(19)11(21)7(17)3-23-4-8(18)12(22)10(20)6(16)2-14/h5-6,9-16,19-22H,1-4H2/t5-,6-,9-,10-,11-,12-/m1/s1. The first-order valence-electron chi connectivity index (χ1n) is 6.60. The Hall–Kier alpha value is -1.02. The number of aliphatic hydroxyl groups excluding tert-OH is 8. The predicted octanol–water partition coefficient (Wildman–Crippen LogP) is -5.71. The molecule has 6 atom stereocenters. The molecular formula is C12H22O11. The largest absolute Gasteiger partial charge is 0.394 e. The summed E-state index contributed by atoms with van der Waals surface area (Å²) in [6.45, 7) is -3.48. The molecule has 0 rings (SSSR count). The molecule has 0 radical (unpaired) electrons. The van der Waals surface area contributed by atoms with E-state index in [2.05, 4.69) is 4.74 Å². The Balaban J connectivity index is 4.28. The molecule has 0 aliphatic rings. The molecule has 0 amide bonds. The van der Waals surface area contributed by atoms with Crippen LogP contribution in [0.1, 0.15) is 0 Å². The van der Waals surface area contributed by atoms with E-state index in [1.165, 1.54) is 0 Å². The lowest BCUT2D eigenvalue weighted by Crippen LogP contribution is -2.46. The summed E-state index contributed by atoms with van der Waals surface area (Å²) in [5.74, 6) is -2.19. The third kappa shape index (κ3) is 6.95. The van der Waals surface area contributed by atoms with E-state index in [1.54, 1.807) is 0 Å². The molecule has 0 aromatic carbocycles. The third-order valence-corrected chi connectivity index (χ3v) is 2.96. The number of carbonyl (C=O) groups excluding carboxylic acids is 2. The molecular weight excluding hydrogens is 320 g/mol. The molecule has 11 nitrogen and oxygen atoms in total. The molecule has 0 aromatic heterocycles. The van der Waals surface area contributed by atoms with Gasteiger partial charge in [-0.15, -0.1) is 0 Å². The van der Waals surface area contributed by atoms with Gasteiger partial charge < -0.3 is 45.6 Å². The summed E-state index contributed by atoms with van der Waals surface area (Å²) in [5.41, 5.74) is 0. The van der Waals surface area contributed by atoms with E-state index in [4.69, 9.17) is 20.4 Å².